The minimum absolute atomic E-state index is 0.191. The summed E-state index contributed by atoms with van der Waals surface area (Å²) < 4.78 is 6.30. The van der Waals surface area contributed by atoms with Crippen molar-refractivity contribution in [1.29, 1.82) is 0 Å². The molecule has 214 valence electrons. The van der Waals surface area contributed by atoms with E-state index in [2.05, 4.69) is 59.8 Å². The third-order valence-corrected chi connectivity index (χ3v) is 12.1. The van der Waals surface area contributed by atoms with E-state index in [0.29, 0.717) is 47.0 Å². The van der Waals surface area contributed by atoms with Gasteiger partial charge in [-0.3, -0.25) is 0 Å². The predicted octanol–water partition coefficient (Wildman–Crippen LogP) is 8.64. The van der Waals surface area contributed by atoms with E-state index in [4.69, 9.17) is 4.74 Å². The number of fused-ring (bicyclic) bond motifs is 5. The van der Waals surface area contributed by atoms with Gasteiger partial charge in [-0.1, -0.05) is 83.5 Å². The lowest BCUT2D eigenvalue weighted by molar-refractivity contribution is -0.112. The molecule has 5 rings (SSSR count). The van der Waals surface area contributed by atoms with E-state index in [1.54, 1.807) is 0 Å². The molecule has 0 aliphatic heterocycles. The van der Waals surface area contributed by atoms with Crippen molar-refractivity contribution >= 4 is 5.97 Å². The van der Waals surface area contributed by atoms with Crippen LogP contribution in [0.2, 0.25) is 0 Å². The summed E-state index contributed by atoms with van der Waals surface area (Å²) in [6.45, 7) is 14.4. The van der Waals surface area contributed by atoms with Crippen molar-refractivity contribution in [3.05, 3.63) is 59.7 Å². The Hall–Kier alpha value is -1.87. The highest BCUT2D eigenvalue weighted by molar-refractivity contribution is 5.89. The van der Waals surface area contributed by atoms with Gasteiger partial charge in [0, 0.05) is 11.8 Å². The molecule has 3 fully saturated rings. The van der Waals surface area contributed by atoms with Crippen molar-refractivity contribution in [2.24, 2.45) is 52.3 Å². The molecule has 4 aliphatic carbocycles. The highest BCUT2D eigenvalue weighted by Crippen LogP contribution is 2.67. The molecule has 1 N–H and O–H groups in total. The van der Waals surface area contributed by atoms with Gasteiger partial charge in [0.05, 0.1) is 11.7 Å². The van der Waals surface area contributed by atoms with E-state index in [1.165, 1.54) is 37.7 Å². The summed E-state index contributed by atoms with van der Waals surface area (Å²) in [6, 6.07) is 9.35. The summed E-state index contributed by atoms with van der Waals surface area (Å²) in [6.07, 6.45) is 15.5. The van der Waals surface area contributed by atoms with Crippen LogP contribution in [-0.2, 0) is 4.74 Å². The topological polar surface area (TPSA) is 46.5 Å². The minimum Gasteiger partial charge on any atom is -0.458 e. The van der Waals surface area contributed by atoms with Gasteiger partial charge < -0.3 is 9.84 Å². The van der Waals surface area contributed by atoms with E-state index in [0.717, 1.165) is 24.7 Å². The summed E-state index contributed by atoms with van der Waals surface area (Å²) in [5.74, 6) is 4.32. The van der Waals surface area contributed by atoms with Crippen LogP contribution in [0.25, 0.3) is 0 Å². The molecule has 10 atom stereocenters. The van der Waals surface area contributed by atoms with Crippen molar-refractivity contribution in [3.8, 4) is 0 Å². The van der Waals surface area contributed by atoms with Crippen LogP contribution in [0.1, 0.15) is 103 Å². The monoisotopic (exact) mass is 532 g/mol. The molecule has 0 heterocycles. The molecular weight excluding hydrogens is 480 g/mol. The summed E-state index contributed by atoms with van der Waals surface area (Å²) in [5, 5.41) is 10.8. The predicted molar refractivity (Wildman–Crippen MR) is 159 cm³/mol. The first-order valence-electron chi connectivity index (χ1n) is 15.9. The van der Waals surface area contributed by atoms with E-state index in [-0.39, 0.29) is 17.5 Å². The van der Waals surface area contributed by atoms with Crippen molar-refractivity contribution in [2.75, 3.05) is 0 Å². The summed E-state index contributed by atoms with van der Waals surface area (Å²) >= 11 is 0. The molecule has 1 unspecified atom stereocenters. The van der Waals surface area contributed by atoms with Gasteiger partial charge in [-0.2, -0.15) is 0 Å². The Morgan fingerprint density at radius 1 is 1.08 bits per heavy atom. The first kappa shape index (κ1) is 28.7. The average molecular weight is 533 g/mol. The smallest absolute Gasteiger partial charge is 0.338 e. The van der Waals surface area contributed by atoms with Gasteiger partial charge >= 0.3 is 5.97 Å². The third-order valence-electron chi connectivity index (χ3n) is 12.1. The number of allylic oxidation sites excluding steroid dienone is 3. The van der Waals surface area contributed by atoms with Gasteiger partial charge in [0.2, 0.25) is 0 Å². The van der Waals surface area contributed by atoms with Gasteiger partial charge in [-0.15, -0.1) is 0 Å². The van der Waals surface area contributed by atoms with Crippen molar-refractivity contribution in [2.45, 2.75) is 105 Å². The molecule has 1 aromatic rings. The molecule has 3 saturated carbocycles. The van der Waals surface area contributed by atoms with E-state index < -0.39 is 6.10 Å². The largest absolute Gasteiger partial charge is 0.458 e. The lowest BCUT2D eigenvalue weighted by Crippen LogP contribution is -2.56. The summed E-state index contributed by atoms with van der Waals surface area (Å²) in [5.41, 5.74) is 2.11. The number of hydrogen-bond acceptors (Lipinski definition) is 3. The number of aliphatic hydroxyl groups is 1. The average Bonchev–Trinajstić information content (AvgIpc) is 3.27. The number of esters is 1. The zero-order valence-electron chi connectivity index (χ0n) is 25.2. The fraction of sp³-hybridized carbons (Fsp3) is 0.694. The zero-order chi connectivity index (χ0) is 27.9. The van der Waals surface area contributed by atoms with Gasteiger partial charge in [-0.05, 0) is 104 Å². The Labute approximate surface area is 237 Å². The lowest BCUT2D eigenvalue weighted by Gasteiger charge is -2.59. The number of benzene rings is 1. The Bertz CT molecular complexity index is 1070. The van der Waals surface area contributed by atoms with E-state index in [1.807, 2.05) is 30.3 Å². The third kappa shape index (κ3) is 5.07. The van der Waals surface area contributed by atoms with Crippen LogP contribution in [-0.4, -0.2) is 23.3 Å². The Morgan fingerprint density at radius 3 is 2.51 bits per heavy atom. The molecule has 39 heavy (non-hydrogen) atoms. The molecule has 0 saturated heterocycles. The maximum Gasteiger partial charge on any atom is 0.338 e. The molecule has 4 aliphatic rings. The lowest BCUT2D eigenvalue weighted by atomic mass is 9.46. The molecule has 3 nitrogen and oxygen atoms in total. The number of carbonyl (C=O) groups is 1. The van der Waals surface area contributed by atoms with E-state index >= 15 is 0 Å². The quantitative estimate of drug-likeness (QED) is 0.282. The highest BCUT2D eigenvalue weighted by atomic mass is 16.5. The molecule has 0 bridgehead atoms. The van der Waals surface area contributed by atoms with Gasteiger partial charge in [0.15, 0.2) is 0 Å². The number of hydrogen-bond donors (Lipinski definition) is 1. The van der Waals surface area contributed by atoms with Crippen molar-refractivity contribution < 1.29 is 14.6 Å². The number of rotatable bonds is 7. The second kappa shape index (κ2) is 11.2. The highest BCUT2D eigenvalue weighted by Gasteiger charge is 2.61. The maximum absolute atomic E-state index is 13.2. The molecule has 3 heteroatoms. The van der Waals surface area contributed by atoms with Crippen LogP contribution in [0.5, 0.6) is 0 Å². The Balaban J connectivity index is 1.38. The van der Waals surface area contributed by atoms with Crippen LogP contribution < -0.4 is 0 Å². The van der Waals surface area contributed by atoms with Crippen LogP contribution in [0, 0.1) is 52.3 Å². The normalized spacial score (nSPS) is 39.4. The standard InChI is InChI=1S/C36H52O3/c1-7-25(23(2)3)14-13-24(4)30-17-18-31-29-16-15-27-21-28(37)22-33(39-34(38)26-11-9-8-10-12-26)36(27,6)32(29)19-20-35(30,31)5/h8-15,23-25,28-33,37H,7,16-22H2,1-6H3/b14-13+/t24-,25+,28+,29+,30-,31+,32+,33?,35-,36+/m1/s1. The fourth-order valence-corrected chi connectivity index (χ4v) is 9.80. The second-order valence-corrected chi connectivity index (χ2v) is 14.3. The van der Waals surface area contributed by atoms with Crippen LogP contribution in [0.15, 0.2) is 54.1 Å². The van der Waals surface area contributed by atoms with Crippen LogP contribution in [0.3, 0.4) is 0 Å². The Morgan fingerprint density at radius 2 is 1.82 bits per heavy atom. The Kier molecular flexibility index (Phi) is 8.22. The van der Waals surface area contributed by atoms with Crippen molar-refractivity contribution in [3.63, 3.8) is 0 Å². The van der Waals surface area contributed by atoms with E-state index in [9.17, 15) is 9.90 Å². The molecular formula is C36H52O3. The molecule has 0 aromatic heterocycles. The first-order chi connectivity index (χ1) is 18.6. The number of aliphatic hydroxyl groups excluding tert-OH is 1. The van der Waals surface area contributed by atoms with Crippen molar-refractivity contribution in [1.82, 2.24) is 0 Å². The van der Waals surface area contributed by atoms with Gasteiger partial charge in [0.1, 0.15) is 6.10 Å². The summed E-state index contributed by atoms with van der Waals surface area (Å²) in [7, 11) is 0. The number of carbonyl (C=O) groups excluding carboxylic acids is 1. The fourth-order valence-electron chi connectivity index (χ4n) is 9.80. The minimum atomic E-state index is -0.440. The second-order valence-electron chi connectivity index (χ2n) is 14.3. The SMILES string of the molecule is CC[C@@H](/C=C/[C@@H](C)[C@H]1CC[C@H]2[C@@H]3CC=C4C[C@H](O)CC(OC(=O)c5ccccc5)[C@]4(C)[C@H]3CC[C@]12C)C(C)C. The number of ether oxygens (including phenoxy) is 1. The van der Waals surface area contributed by atoms with Crippen LogP contribution >= 0.6 is 0 Å². The summed E-state index contributed by atoms with van der Waals surface area (Å²) in [4.78, 5) is 13.2. The molecule has 1 aromatic carbocycles. The maximum atomic E-state index is 13.2. The van der Waals surface area contributed by atoms with Crippen LogP contribution in [0.4, 0.5) is 0 Å². The molecule has 0 amide bonds. The molecule has 0 radical (unpaired) electrons. The zero-order valence-corrected chi connectivity index (χ0v) is 25.2. The van der Waals surface area contributed by atoms with Gasteiger partial charge in [-0.25, -0.2) is 4.79 Å². The van der Waals surface area contributed by atoms with Gasteiger partial charge in [0.25, 0.3) is 0 Å². The molecule has 0 spiro atoms. The first-order valence-corrected chi connectivity index (χ1v) is 15.9.